The molecular weight excluding hydrogens is 180 g/mol. The zero-order valence-electron chi connectivity index (χ0n) is 5.84. The van der Waals surface area contributed by atoms with Gasteiger partial charge in [0.2, 0.25) is 0 Å². The fraction of sp³-hybridized carbons (Fsp3) is 0.375. The van der Waals surface area contributed by atoms with Crippen molar-refractivity contribution in [1.82, 2.24) is 0 Å². The van der Waals surface area contributed by atoms with Crippen LogP contribution in [0.4, 0.5) is 0 Å². The van der Waals surface area contributed by atoms with E-state index >= 15 is 0 Å². The molecule has 1 aliphatic rings. The Kier molecular flexibility index (Phi) is 1.55. The zero-order valence-corrected chi connectivity index (χ0v) is 7.41. The van der Waals surface area contributed by atoms with Gasteiger partial charge in [-0.3, -0.25) is 4.79 Å². The molecule has 0 unspecified atom stereocenters. The van der Waals surface area contributed by atoms with E-state index in [0.29, 0.717) is 0 Å². The summed E-state index contributed by atoms with van der Waals surface area (Å²) in [6.07, 6.45) is 2.90. The van der Waals surface area contributed by atoms with Gasteiger partial charge < -0.3 is 0 Å². The SMILES string of the molecule is O=Cc1sccc1C1(Cl)CC1. The number of thiophene rings is 1. The topological polar surface area (TPSA) is 17.1 Å². The summed E-state index contributed by atoms with van der Waals surface area (Å²) >= 11 is 7.61. The molecule has 1 fully saturated rings. The van der Waals surface area contributed by atoms with Crippen LogP contribution in [0.3, 0.4) is 0 Å². The summed E-state index contributed by atoms with van der Waals surface area (Å²) in [4.78, 5) is 11.1. The molecule has 1 aromatic heterocycles. The third-order valence-corrected chi connectivity index (χ3v) is 3.40. The number of hydrogen-bond acceptors (Lipinski definition) is 2. The molecule has 1 heterocycles. The second-order valence-corrected chi connectivity index (χ2v) is 4.45. The largest absolute Gasteiger partial charge is 0.297 e. The van der Waals surface area contributed by atoms with Gasteiger partial charge in [0.1, 0.15) is 0 Å². The number of halogens is 1. The highest BCUT2D eigenvalue weighted by Gasteiger charge is 2.44. The number of carbonyl (C=O) groups excluding carboxylic acids is 1. The number of rotatable bonds is 2. The first-order chi connectivity index (χ1) is 5.26. The minimum atomic E-state index is -0.184. The normalized spacial score (nSPS) is 19.7. The van der Waals surface area contributed by atoms with E-state index in [1.807, 2.05) is 11.4 Å². The van der Waals surface area contributed by atoms with Gasteiger partial charge >= 0.3 is 0 Å². The van der Waals surface area contributed by atoms with Crippen molar-refractivity contribution in [2.75, 3.05) is 0 Å². The molecule has 0 aromatic carbocycles. The zero-order chi connectivity index (χ0) is 7.90. The predicted octanol–water partition coefficient (Wildman–Crippen LogP) is 2.79. The summed E-state index contributed by atoms with van der Waals surface area (Å²) in [7, 11) is 0. The summed E-state index contributed by atoms with van der Waals surface area (Å²) in [6, 6.07) is 1.95. The van der Waals surface area contributed by atoms with Gasteiger partial charge in [0.15, 0.2) is 6.29 Å². The van der Waals surface area contributed by atoms with Gasteiger partial charge in [-0.15, -0.1) is 22.9 Å². The highest BCUT2D eigenvalue weighted by Crippen LogP contribution is 2.53. The molecule has 58 valence electrons. The second-order valence-electron chi connectivity index (χ2n) is 2.78. The maximum Gasteiger partial charge on any atom is 0.160 e. The quantitative estimate of drug-likeness (QED) is 0.513. The van der Waals surface area contributed by atoms with Crippen LogP contribution in [0.2, 0.25) is 0 Å². The lowest BCUT2D eigenvalue weighted by Crippen LogP contribution is -1.96. The Morgan fingerprint density at radius 2 is 2.36 bits per heavy atom. The summed E-state index contributed by atoms with van der Waals surface area (Å²) < 4.78 is 0. The Bertz CT molecular complexity index is 288. The minimum absolute atomic E-state index is 0.184. The molecule has 0 radical (unpaired) electrons. The Hall–Kier alpha value is -0.340. The van der Waals surface area contributed by atoms with Crippen LogP contribution in [-0.2, 0) is 4.87 Å². The molecule has 1 saturated carbocycles. The van der Waals surface area contributed by atoms with E-state index in [2.05, 4.69) is 0 Å². The van der Waals surface area contributed by atoms with Gasteiger partial charge in [0.25, 0.3) is 0 Å². The number of aldehydes is 1. The Morgan fingerprint density at radius 3 is 2.91 bits per heavy atom. The van der Waals surface area contributed by atoms with E-state index in [9.17, 15) is 4.79 Å². The highest BCUT2D eigenvalue weighted by atomic mass is 35.5. The van der Waals surface area contributed by atoms with Gasteiger partial charge in [0, 0.05) is 0 Å². The summed E-state index contributed by atoms with van der Waals surface area (Å²) in [5.74, 6) is 0. The minimum Gasteiger partial charge on any atom is -0.297 e. The smallest absolute Gasteiger partial charge is 0.160 e. The lowest BCUT2D eigenvalue weighted by Gasteiger charge is -2.02. The van der Waals surface area contributed by atoms with E-state index in [1.54, 1.807) is 0 Å². The van der Waals surface area contributed by atoms with Crippen LogP contribution in [-0.4, -0.2) is 6.29 Å². The van der Waals surface area contributed by atoms with Crippen molar-refractivity contribution in [2.45, 2.75) is 17.7 Å². The maximum atomic E-state index is 10.5. The maximum absolute atomic E-state index is 10.5. The molecule has 11 heavy (non-hydrogen) atoms. The van der Waals surface area contributed by atoms with Crippen molar-refractivity contribution in [3.63, 3.8) is 0 Å². The molecule has 0 atom stereocenters. The van der Waals surface area contributed by atoms with Crippen molar-refractivity contribution in [2.24, 2.45) is 0 Å². The van der Waals surface area contributed by atoms with Gasteiger partial charge in [-0.2, -0.15) is 0 Å². The van der Waals surface area contributed by atoms with Crippen molar-refractivity contribution >= 4 is 29.2 Å². The fourth-order valence-corrected chi connectivity index (χ4v) is 2.27. The van der Waals surface area contributed by atoms with E-state index in [0.717, 1.165) is 29.6 Å². The summed E-state index contributed by atoms with van der Waals surface area (Å²) in [5, 5.41) is 1.92. The van der Waals surface area contributed by atoms with Gasteiger partial charge in [-0.25, -0.2) is 0 Å². The number of carbonyl (C=O) groups is 1. The molecule has 0 amide bonds. The Balaban J connectivity index is 2.43. The first kappa shape index (κ1) is 7.32. The van der Waals surface area contributed by atoms with Crippen molar-refractivity contribution < 1.29 is 4.79 Å². The molecule has 3 heteroatoms. The average Bonchev–Trinajstić information content (AvgIpc) is 2.61. The third kappa shape index (κ3) is 1.10. The van der Waals surface area contributed by atoms with Crippen molar-refractivity contribution in [1.29, 1.82) is 0 Å². The van der Waals surface area contributed by atoms with Crippen LogP contribution in [0.1, 0.15) is 28.1 Å². The molecule has 0 saturated heterocycles. The van der Waals surface area contributed by atoms with Crippen molar-refractivity contribution in [3.05, 3.63) is 21.9 Å². The standard InChI is InChI=1S/C8H7ClOS/c9-8(2-3-8)6-1-4-11-7(6)5-10/h1,4-5H,2-3H2. The Labute approximate surface area is 74.0 Å². The second kappa shape index (κ2) is 2.32. The lowest BCUT2D eigenvalue weighted by molar-refractivity contribution is 0.112. The summed E-state index contributed by atoms with van der Waals surface area (Å²) in [6.45, 7) is 0. The monoisotopic (exact) mass is 186 g/mol. The van der Waals surface area contributed by atoms with Crippen LogP contribution < -0.4 is 0 Å². The van der Waals surface area contributed by atoms with Crippen LogP contribution >= 0.6 is 22.9 Å². The fourth-order valence-electron chi connectivity index (χ4n) is 1.16. The van der Waals surface area contributed by atoms with Crippen LogP contribution in [0.15, 0.2) is 11.4 Å². The molecule has 2 rings (SSSR count). The van der Waals surface area contributed by atoms with E-state index in [1.165, 1.54) is 11.3 Å². The van der Waals surface area contributed by atoms with E-state index in [4.69, 9.17) is 11.6 Å². The van der Waals surface area contributed by atoms with Crippen LogP contribution in [0.25, 0.3) is 0 Å². The molecule has 1 nitrogen and oxygen atoms in total. The Morgan fingerprint density at radius 1 is 1.64 bits per heavy atom. The third-order valence-electron chi connectivity index (χ3n) is 1.97. The van der Waals surface area contributed by atoms with Crippen LogP contribution in [0.5, 0.6) is 0 Å². The molecule has 1 aromatic rings. The molecule has 0 bridgehead atoms. The molecule has 0 spiro atoms. The predicted molar refractivity (Wildman–Crippen MR) is 46.5 cm³/mol. The summed E-state index contributed by atoms with van der Waals surface area (Å²) in [5.41, 5.74) is 1.03. The van der Waals surface area contributed by atoms with Gasteiger partial charge in [-0.1, -0.05) is 0 Å². The van der Waals surface area contributed by atoms with Gasteiger partial charge in [-0.05, 0) is 29.9 Å². The first-order valence-electron chi connectivity index (χ1n) is 3.48. The molecule has 0 aliphatic heterocycles. The molecule has 1 aliphatic carbocycles. The number of hydrogen-bond donors (Lipinski definition) is 0. The number of alkyl halides is 1. The van der Waals surface area contributed by atoms with E-state index in [-0.39, 0.29) is 4.87 Å². The highest BCUT2D eigenvalue weighted by molar-refractivity contribution is 7.11. The van der Waals surface area contributed by atoms with E-state index < -0.39 is 0 Å². The van der Waals surface area contributed by atoms with Crippen LogP contribution in [0, 0.1) is 0 Å². The van der Waals surface area contributed by atoms with Gasteiger partial charge in [0.05, 0.1) is 9.75 Å². The average molecular weight is 187 g/mol. The van der Waals surface area contributed by atoms with Crippen molar-refractivity contribution in [3.8, 4) is 0 Å². The molecular formula is C8H7ClOS. The molecule has 0 N–H and O–H groups in total. The lowest BCUT2D eigenvalue weighted by atomic mass is 10.2. The first-order valence-corrected chi connectivity index (χ1v) is 4.74.